The van der Waals surface area contributed by atoms with E-state index in [2.05, 4.69) is 11.4 Å². The number of nitriles is 1. The third kappa shape index (κ3) is 4.15. The molecule has 1 aromatic carbocycles. The number of carbonyl (C=O) groups is 3. The second-order valence-corrected chi connectivity index (χ2v) is 13.4. The van der Waals surface area contributed by atoms with Gasteiger partial charge in [0.25, 0.3) is 11.8 Å². The summed E-state index contributed by atoms with van der Waals surface area (Å²) >= 11 is 0. The van der Waals surface area contributed by atoms with Crippen LogP contribution in [0.4, 0.5) is 5.82 Å². The van der Waals surface area contributed by atoms with E-state index in [-0.39, 0.29) is 41.6 Å². The minimum absolute atomic E-state index is 0.00345. The van der Waals surface area contributed by atoms with Gasteiger partial charge in [0, 0.05) is 37.3 Å². The van der Waals surface area contributed by atoms with Crippen molar-refractivity contribution < 1.29 is 19.1 Å². The van der Waals surface area contributed by atoms with Crippen molar-refractivity contribution in [3.05, 3.63) is 47.2 Å². The first-order valence-electron chi connectivity index (χ1n) is 16.1. The average Bonchev–Trinajstić information content (AvgIpc) is 3.97. The molecule has 10 nitrogen and oxygen atoms in total. The minimum Gasteiger partial charge on any atom is -0.381 e. The molecule has 43 heavy (non-hydrogen) atoms. The number of aromatic nitrogens is 2. The van der Waals surface area contributed by atoms with Gasteiger partial charge in [-0.1, -0.05) is 30.3 Å². The standard InChI is InChI=1S/C33H38N6O4/c1-2-37-29-26(25(19-8-9-19)27(30(37)40)35-32(42)33(12-13-33)21-6-4-3-5-7-21)28(36-39(29)22-10-14-43-15-11-22)31(41)38-23(18-34)16-20-17-24(20)38/h3-7,19-20,22-25,27H,2,8-17H2,1H3,(H,35,42)/t20-,23-,24+,25-,27-/m0/s1. The summed E-state index contributed by atoms with van der Waals surface area (Å²) in [5.74, 6) is 0.474. The monoisotopic (exact) mass is 582 g/mol. The van der Waals surface area contributed by atoms with E-state index in [0.29, 0.717) is 43.6 Å². The zero-order valence-electron chi connectivity index (χ0n) is 24.6. The Labute approximate surface area is 251 Å². The molecule has 3 amide bonds. The summed E-state index contributed by atoms with van der Waals surface area (Å²) in [5.41, 5.74) is 1.51. The second kappa shape index (κ2) is 9.91. The van der Waals surface area contributed by atoms with E-state index in [1.54, 1.807) is 9.80 Å². The van der Waals surface area contributed by atoms with E-state index in [4.69, 9.17) is 9.84 Å². The van der Waals surface area contributed by atoms with E-state index in [1.165, 1.54) is 0 Å². The van der Waals surface area contributed by atoms with Gasteiger partial charge in [0.05, 0.1) is 17.5 Å². The van der Waals surface area contributed by atoms with Gasteiger partial charge in [-0.2, -0.15) is 10.4 Å². The quantitative estimate of drug-likeness (QED) is 0.534. The number of likely N-dealkylation sites (N-methyl/N-ethyl adjacent to an activating group) is 1. The zero-order chi connectivity index (χ0) is 29.5. The average molecular weight is 583 g/mol. The minimum atomic E-state index is -0.772. The molecule has 1 N–H and O–H groups in total. The smallest absolute Gasteiger partial charge is 0.276 e. The number of benzene rings is 1. The van der Waals surface area contributed by atoms with Crippen LogP contribution in [-0.4, -0.2) is 70.3 Å². The predicted molar refractivity (Wildman–Crippen MR) is 156 cm³/mol. The molecule has 10 heteroatoms. The number of fused-ring (bicyclic) bond motifs is 2. The lowest BCUT2D eigenvalue weighted by Crippen LogP contribution is -2.57. The molecule has 5 fully saturated rings. The lowest BCUT2D eigenvalue weighted by molar-refractivity contribution is -0.130. The molecule has 3 aliphatic heterocycles. The van der Waals surface area contributed by atoms with Gasteiger partial charge in [0.15, 0.2) is 5.69 Å². The summed E-state index contributed by atoms with van der Waals surface area (Å²) in [5, 5.41) is 18.2. The molecule has 3 saturated carbocycles. The summed E-state index contributed by atoms with van der Waals surface area (Å²) in [7, 11) is 0. The van der Waals surface area contributed by atoms with Gasteiger partial charge in [-0.3, -0.25) is 19.3 Å². The number of nitrogens with one attached hydrogen (secondary N) is 1. The number of hydrogen-bond donors (Lipinski definition) is 1. The molecule has 224 valence electrons. The van der Waals surface area contributed by atoms with Crippen LogP contribution < -0.4 is 10.2 Å². The van der Waals surface area contributed by atoms with E-state index in [0.717, 1.165) is 56.1 Å². The SMILES string of the molecule is CCN1C(=O)[C@@H](NC(=O)C2(c3ccccc3)CC2)[C@@H](C2CC2)c2c(C(=O)N3[C@H](C#N)C[C@H]4C[C@H]43)nn(C3CCOCC3)c21. The molecule has 0 spiro atoms. The number of anilines is 1. The summed E-state index contributed by atoms with van der Waals surface area (Å²) in [6, 6.07) is 11.0. The number of hydrogen-bond acceptors (Lipinski definition) is 6. The van der Waals surface area contributed by atoms with Crippen molar-refractivity contribution in [3.8, 4) is 6.07 Å². The van der Waals surface area contributed by atoms with Crippen LogP contribution in [0.25, 0.3) is 0 Å². The fourth-order valence-corrected chi connectivity index (χ4v) is 8.16. The van der Waals surface area contributed by atoms with E-state index < -0.39 is 17.5 Å². The van der Waals surface area contributed by atoms with Crippen LogP contribution in [0.1, 0.15) is 91.9 Å². The van der Waals surface area contributed by atoms with Gasteiger partial charge >= 0.3 is 0 Å². The van der Waals surface area contributed by atoms with Crippen molar-refractivity contribution in [2.24, 2.45) is 11.8 Å². The van der Waals surface area contributed by atoms with Crippen LogP contribution in [0.5, 0.6) is 0 Å². The molecule has 0 bridgehead atoms. The normalized spacial score (nSPS) is 30.8. The Morgan fingerprint density at radius 1 is 1.09 bits per heavy atom. The van der Waals surface area contributed by atoms with Crippen LogP contribution in [0, 0.1) is 23.2 Å². The second-order valence-electron chi connectivity index (χ2n) is 13.4. The summed E-state index contributed by atoms with van der Waals surface area (Å²) < 4.78 is 7.57. The largest absolute Gasteiger partial charge is 0.381 e. The zero-order valence-corrected chi connectivity index (χ0v) is 24.6. The third-order valence-electron chi connectivity index (χ3n) is 10.9. The molecule has 3 aliphatic carbocycles. The number of nitrogens with zero attached hydrogens (tertiary/aromatic N) is 5. The molecular formula is C33H38N6O4. The molecular weight excluding hydrogens is 544 g/mol. The summed E-state index contributed by atoms with van der Waals surface area (Å²) in [4.78, 5) is 46.4. The maximum Gasteiger partial charge on any atom is 0.276 e. The maximum absolute atomic E-state index is 14.5. The topological polar surface area (TPSA) is 121 Å². The number of piperidine rings is 1. The highest BCUT2D eigenvalue weighted by molar-refractivity contribution is 6.06. The first-order valence-corrected chi connectivity index (χ1v) is 16.1. The fraction of sp³-hybridized carbons (Fsp3) is 0.606. The van der Waals surface area contributed by atoms with Gasteiger partial charge in [0.1, 0.15) is 17.9 Å². The Morgan fingerprint density at radius 2 is 1.84 bits per heavy atom. The van der Waals surface area contributed by atoms with Gasteiger partial charge in [-0.15, -0.1) is 0 Å². The van der Waals surface area contributed by atoms with Gasteiger partial charge in [0.2, 0.25) is 5.91 Å². The molecule has 5 atom stereocenters. The predicted octanol–water partition coefficient (Wildman–Crippen LogP) is 3.44. The van der Waals surface area contributed by atoms with Crippen molar-refractivity contribution in [2.45, 2.75) is 93.8 Å². The highest BCUT2D eigenvalue weighted by atomic mass is 16.5. The fourth-order valence-electron chi connectivity index (χ4n) is 8.16. The molecule has 2 saturated heterocycles. The van der Waals surface area contributed by atoms with E-state index in [9.17, 15) is 19.6 Å². The van der Waals surface area contributed by atoms with Gasteiger partial charge < -0.3 is 15.0 Å². The summed E-state index contributed by atoms with van der Waals surface area (Å²) in [6.45, 7) is 3.54. The van der Waals surface area contributed by atoms with Crippen LogP contribution in [0.3, 0.4) is 0 Å². The molecule has 0 unspecified atom stereocenters. The Balaban J connectivity index is 1.23. The first kappa shape index (κ1) is 26.9. The number of ether oxygens (including phenoxy) is 1. The van der Waals surface area contributed by atoms with Crippen LogP contribution in [-0.2, 0) is 19.7 Å². The number of carbonyl (C=O) groups excluding carboxylic acids is 3. The van der Waals surface area contributed by atoms with Crippen LogP contribution in [0.15, 0.2) is 30.3 Å². The molecule has 8 rings (SSSR count). The number of likely N-dealkylation sites (tertiary alicyclic amines) is 1. The Bertz CT molecular complexity index is 1520. The number of rotatable bonds is 7. The first-order chi connectivity index (χ1) is 21.0. The van der Waals surface area contributed by atoms with Crippen molar-refractivity contribution in [1.29, 1.82) is 5.26 Å². The maximum atomic E-state index is 14.5. The van der Waals surface area contributed by atoms with Crippen molar-refractivity contribution in [2.75, 3.05) is 24.7 Å². The Kier molecular flexibility index (Phi) is 6.20. The highest BCUT2D eigenvalue weighted by Crippen LogP contribution is 2.54. The Hall–Kier alpha value is -3.71. The number of amides is 3. The lowest BCUT2D eigenvalue weighted by Gasteiger charge is -2.40. The van der Waals surface area contributed by atoms with Crippen molar-refractivity contribution in [3.63, 3.8) is 0 Å². The molecule has 6 aliphatic rings. The molecule has 2 aromatic rings. The van der Waals surface area contributed by atoms with E-state index in [1.807, 2.05) is 41.9 Å². The van der Waals surface area contributed by atoms with Crippen molar-refractivity contribution >= 4 is 23.5 Å². The molecule has 4 heterocycles. The van der Waals surface area contributed by atoms with Crippen LogP contribution >= 0.6 is 0 Å². The third-order valence-corrected chi connectivity index (χ3v) is 10.9. The Morgan fingerprint density at radius 3 is 2.49 bits per heavy atom. The van der Waals surface area contributed by atoms with Gasteiger partial charge in [-0.05, 0) is 75.7 Å². The van der Waals surface area contributed by atoms with Crippen LogP contribution in [0.2, 0.25) is 0 Å². The van der Waals surface area contributed by atoms with E-state index >= 15 is 0 Å². The highest BCUT2D eigenvalue weighted by Gasteiger charge is 2.58. The molecule has 1 aromatic heterocycles. The lowest BCUT2D eigenvalue weighted by atomic mass is 9.81. The van der Waals surface area contributed by atoms with Crippen molar-refractivity contribution in [1.82, 2.24) is 20.0 Å². The van der Waals surface area contributed by atoms with Gasteiger partial charge in [-0.25, -0.2) is 4.68 Å². The summed E-state index contributed by atoms with van der Waals surface area (Å²) in [6.07, 6.45) is 6.50. The molecule has 0 radical (unpaired) electrons.